The van der Waals surface area contributed by atoms with Crippen LogP contribution in [0.25, 0.3) is 10.7 Å². The van der Waals surface area contributed by atoms with Crippen molar-refractivity contribution >= 4 is 28.6 Å². The first kappa shape index (κ1) is 19.9. The van der Waals surface area contributed by atoms with Gasteiger partial charge in [-0.1, -0.05) is 24.1 Å². The molecule has 0 radical (unpaired) electrons. The summed E-state index contributed by atoms with van der Waals surface area (Å²) in [6.45, 7) is 3.77. The maximum absolute atomic E-state index is 13.1. The second-order valence-corrected chi connectivity index (χ2v) is 10.1. The molecule has 1 aliphatic heterocycles. The summed E-state index contributed by atoms with van der Waals surface area (Å²) >= 11 is 3.33. The van der Waals surface area contributed by atoms with E-state index in [2.05, 4.69) is 21.1 Å². The van der Waals surface area contributed by atoms with Crippen LogP contribution in [-0.2, 0) is 19.4 Å². The summed E-state index contributed by atoms with van der Waals surface area (Å²) in [6, 6.07) is 6.15. The molecule has 0 bridgehead atoms. The fourth-order valence-electron chi connectivity index (χ4n) is 4.23. The lowest BCUT2D eigenvalue weighted by Crippen LogP contribution is -2.48. The van der Waals surface area contributed by atoms with Crippen molar-refractivity contribution in [2.75, 3.05) is 26.2 Å². The monoisotopic (exact) mass is 442 g/mol. The van der Waals surface area contributed by atoms with Crippen LogP contribution < -0.4 is 0 Å². The van der Waals surface area contributed by atoms with Gasteiger partial charge in [0.15, 0.2) is 0 Å². The molecule has 0 atom stereocenters. The average Bonchev–Trinajstić information content (AvgIpc) is 3.49. The number of rotatable bonds is 4. The number of thiophene rings is 2. The van der Waals surface area contributed by atoms with Crippen LogP contribution in [0.2, 0.25) is 0 Å². The molecule has 3 aromatic heterocycles. The van der Waals surface area contributed by atoms with Crippen molar-refractivity contribution in [2.24, 2.45) is 0 Å². The van der Waals surface area contributed by atoms with Crippen molar-refractivity contribution in [1.82, 2.24) is 19.9 Å². The molecule has 6 nitrogen and oxygen atoms in total. The highest BCUT2D eigenvalue weighted by Gasteiger charge is 2.25. The number of hydrogen-bond acceptors (Lipinski definition) is 7. The van der Waals surface area contributed by atoms with E-state index in [1.165, 1.54) is 36.1 Å². The molecule has 30 heavy (non-hydrogen) atoms. The zero-order valence-electron chi connectivity index (χ0n) is 17.0. The number of nitrogens with zero attached hydrogens (tertiary/aromatic N) is 4. The van der Waals surface area contributed by atoms with E-state index >= 15 is 0 Å². The molecule has 3 aromatic rings. The first-order valence-corrected chi connectivity index (χ1v) is 12.5. The Hall–Kier alpha value is -2.03. The van der Waals surface area contributed by atoms with Crippen LogP contribution in [0.5, 0.6) is 0 Å². The number of hydrogen-bond donors (Lipinski definition) is 0. The molecule has 8 heteroatoms. The van der Waals surface area contributed by atoms with E-state index < -0.39 is 0 Å². The zero-order valence-corrected chi connectivity index (χ0v) is 18.6. The average molecular weight is 443 g/mol. The summed E-state index contributed by atoms with van der Waals surface area (Å²) in [5.41, 5.74) is 1.42. The van der Waals surface area contributed by atoms with E-state index in [9.17, 15) is 4.79 Å². The summed E-state index contributed by atoms with van der Waals surface area (Å²) in [4.78, 5) is 25.2. The van der Waals surface area contributed by atoms with Gasteiger partial charge in [0.05, 0.1) is 16.3 Å². The molecular weight excluding hydrogens is 416 g/mol. The molecule has 2 aliphatic rings. The largest absolute Gasteiger partial charge is 0.338 e. The van der Waals surface area contributed by atoms with Crippen LogP contribution in [0.1, 0.15) is 51.7 Å². The van der Waals surface area contributed by atoms with Crippen molar-refractivity contribution in [3.63, 3.8) is 0 Å². The summed E-state index contributed by atoms with van der Waals surface area (Å²) in [7, 11) is 0. The number of amides is 1. The van der Waals surface area contributed by atoms with Gasteiger partial charge >= 0.3 is 0 Å². The standard InChI is InChI=1S/C22H26N4O2S2/c27-22(19-14-16-6-3-1-2-4-7-17(16)30-19)26-11-9-25(10-12-26)15-20-23-21(24-28-20)18-8-5-13-29-18/h5,8,13-14H,1-4,6-7,9-12,15H2. The van der Waals surface area contributed by atoms with E-state index in [1.807, 2.05) is 22.4 Å². The number of piperazine rings is 1. The Morgan fingerprint density at radius 2 is 1.93 bits per heavy atom. The van der Waals surface area contributed by atoms with Gasteiger partial charge in [0, 0.05) is 31.1 Å². The van der Waals surface area contributed by atoms with E-state index in [1.54, 1.807) is 22.7 Å². The summed E-state index contributed by atoms with van der Waals surface area (Å²) in [5, 5.41) is 6.10. The quantitative estimate of drug-likeness (QED) is 0.596. The van der Waals surface area contributed by atoms with Gasteiger partial charge in [-0.2, -0.15) is 4.98 Å². The van der Waals surface area contributed by atoms with Crippen molar-refractivity contribution < 1.29 is 9.32 Å². The summed E-state index contributed by atoms with van der Waals surface area (Å²) in [6.07, 6.45) is 7.40. The maximum Gasteiger partial charge on any atom is 0.264 e. The van der Waals surface area contributed by atoms with Crippen molar-refractivity contribution in [1.29, 1.82) is 0 Å². The minimum absolute atomic E-state index is 0.198. The van der Waals surface area contributed by atoms with Crippen LogP contribution in [0.4, 0.5) is 0 Å². The first-order valence-electron chi connectivity index (χ1n) is 10.8. The molecule has 0 aromatic carbocycles. The molecule has 5 rings (SSSR count). The lowest BCUT2D eigenvalue weighted by molar-refractivity contribution is 0.0619. The SMILES string of the molecule is O=C(c1cc2c(s1)CCCCCC2)N1CCN(Cc2nc(-c3cccs3)no2)CC1. The van der Waals surface area contributed by atoms with E-state index in [0.29, 0.717) is 18.3 Å². The molecule has 0 saturated carbocycles. The van der Waals surface area contributed by atoms with Gasteiger partial charge in [0.2, 0.25) is 11.7 Å². The Morgan fingerprint density at radius 1 is 1.10 bits per heavy atom. The summed E-state index contributed by atoms with van der Waals surface area (Å²) < 4.78 is 5.43. The van der Waals surface area contributed by atoms with Gasteiger partial charge in [-0.3, -0.25) is 9.69 Å². The van der Waals surface area contributed by atoms with Gasteiger partial charge in [0.1, 0.15) is 0 Å². The highest BCUT2D eigenvalue weighted by molar-refractivity contribution is 7.14. The van der Waals surface area contributed by atoms with Crippen molar-refractivity contribution in [2.45, 2.75) is 45.1 Å². The van der Waals surface area contributed by atoms with Gasteiger partial charge in [0.25, 0.3) is 5.91 Å². The molecule has 1 saturated heterocycles. The molecule has 0 unspecified atom stereocenters. The van der Waals surface area contributed by atoms with Gasteiger partial charge < -0.3 is 9.42 Å². The normalized spacial score (nSPS) is 18.1. The third-order valence-corrected chi connectivity index (χ3v) is 8.03. The summed E-state index contributed by atoms with van der Waals surface area (Å²) in [5.74, 6) is 1.49. The first-order chi connectivity index (χ1) is 14.8. The molecule has 1 amide bonds. The highest BCUT2D eigenvalue weighted by atomic mass is 32.1. The Balaban J connectivity index is 1.17. The number of carbonyl (C=O) groups is 1. The van der Waals surface area contributed by atoms with Crippen molar-refractivity contribution in [3.8, 4) is 10.7 Å². The Bertz CT molecular complexity index is 961. The number of carbonyl (C=O) groups excluding carboxylic acids is 1. The Morgan fingerprint density at radius 3 is 2.73 bits per heavy atom. The van der Waals surface area contributed by atoms with Gasteiger partial charge in [-0.25, -0.2) is 0 Å². The van der Waals surface area contributed by atoms with Crippen molar-refractivity contribution in [3.05, 3.63) is 44.8 Å². The highest BCUT2D eigenvalue weighted by Crippen LogP contribution is 2.29. The lowest BCUT2D eigenvalue weighted by Gasteiger charge is -2.33. The Kier molecular flexibility index (Phi) is 5.97. The molecular formula is C22H26N4O2S2. The predicted molar refractivity (Wildman–Crippen MR) is 119 cm³/mol. The molecule has 1 fully saturated rings. The zero-order chi connectivity index (χ0) is 20.3. The van der Waals surface area contributed by atoms with E-state index in [0.717, 1.165) is 48.8 Å². The second kappa shape index (κ2) is 8.99. The molecule has 1 aliphatic carbocycles. The fourth-order valence-corrected chi connectivity index (χ4v) is 6.10. The van der Waals surface area contributed by atoms with Crippen LogP contribution in [0.3, 0.4) is 0 Å². The topological polar surface area (TPSA) is 62.5 Å². The van der Waals surface area contributed by atoms with Gasteiger partial charge in [-0.15, -0.1) is 22.7 Å². The minimum Gasteiger partial charge on any atom is -0.338 e. The third kappa shape index (κ3) is 4.36. The van der Waals surface area contributed by atoms with Crippen LogP contribution in [0.15, 0.2) is 28.1 Å². The lowest BCUT2D eigenvalue weighted by atomic mass is 10.00. The second-order valence-electron chi connectivity index (χ2n) is 8.03. The maximum atomic E-state index is 13.1. The predicted octanol–water partition coefficient (Wildman–Crippen LogP) is 4.48. The van der Waals surface area contributed by atoms with Crippen LogP contribution in [-0.4, -0.2) is 52.0 Å². The number of aromatic nitrogens is 2. The fraction of sp³-hybridized carbons (Fsp3) is 0.500. The third-order valence-electron chi connectivity index (χ3n) is 5.94. The number of aryl methyl sites for hydroxylation is 2. The molecule has 158 valence electrons. The van der Waals surface area contributed by atoms with E-state index in [-0.39, 0.29) is 5.91 Å². The molecule has 4 heterocycles. The Labute approximate surface area is 184 Å². The minimum atomic E-state index is 0.198. The van der Waals surface area contributed by atoms with E-state index in [4.69, 9.17) is 4.52 Å². The smallest absolute Gasteiger partial charge is 0.264 e. The van der Waals surface area contributed by atoms with Crippen LogP contribution in [0, 0.1) is 0 Å². The molecule has 0 N–H and O–H groups in total. The van der Waals surface area contributed by atoms with Gasteiger partial charge in [-0.05, 0) is 48.8 Å². The molecule has 0 spiro atoms. The number of fused-ring (bicyclic) bond motifs is 1. The van der Waals surface area contributed by atoms with Crippen LogP contribution >= 0.6 is 22.7 Å².